The fourth-order valence-electron chi connectivity index (χ4n) is 2.40. The number of carbonyl (C=O) groups excluding carboxylic acids is 1. The first-order chi connectivity index (χ1) is 10.6. The minimum atomic E-state index is -0.557. The minimum absolute atomic E-state index is 0.400. The Labute approximate surface area is 140 Å². The molecule has 1 aromatic rings. The molecule has 1 aliphatic rings. The van der Waals surface area contributed by atoms with Gasteiger partial charge in [-0.15, -0.1) is 11.3 Å². The molecule has 0 aromatic carbocycles. The molecular formula is C17H24N2O3S. The first-order valence-electron chi connectivity index (χ1n) is 7.66. The van der Waals surface area contributed by atoms with Crippen LogP contribution >= 0.6 is 11.3 Å². The van der Waals surface area contributed by atoms with Crippen molar-refractivity contribution in [2.45, 2.75) is 53.6 Å². The number of ether oxygens (including phenoxy) is 2. The fraction of sp³-hybridized carbons (Fsp3) is 0.529. The average Bonchev–Trinajstić information content (AvgIpc) is 2.67. The van der Waals surface area contributed by atoms with E-state index in [4.69, 9.17) is 15.2 Å². The number of hydrogen-bond acceptors (Lipinski definition) is 6. The van der Waals surface area contributed by atoms with E-state index in [1.807, 2.05) is 41.5 Å². The predicted molar refractivity (Wildman–Crippen MR) is 92.7 cm³/mol. The number of hydrogen-bond donors (Lipinski definition) is 1. The number of fused-ring (bicyclic) bond motifs is 1. The van der Waals surface area contributed by atoms with Crippen molar-refractivity contribution in [3.05, 3.63) is 26.2 Å². The van der Waals surface area contributed by atoms with Gasteiger partial charge in [-0.25, -0.2) is 9.79 Å². The van der Waals surface area contributed by atoms with E-state index >= 15 is 0 Å². The maximum atomic E-state index is 12.4. The second-order valence-corrected chi connectivity index (χ2v) is 7.54. The van der Waals surface area contributed by atoms with Gasteiger partial charge in [0.25, 0.3) is 0 Å². The summed E-state index contributed by atoms with van der Waals surface area (Å²) in [6.07, 6.45) is 0.644. The molecule has 0 radical (unpaired) electrons. The fourth-order valence-corrected chi connectivity index (χ4v) is 3.50. The number of thiophene rings is 1. The predicted octanol–water partition coefficient (Wildman–Crippen LogP) is 2.75. The Balaban J connectivity index is 2.57. The smallest absolute Gasteiger partial charge is 0.351 e. The zero-order valence-corrected chi connectivity index (χ0v) is 15.4. The molecule has 5 nitrogen and oxygen atoms in total. The van der Waals surface area contributed by atoms with E-state index in [9.17, 15) is 4.79 Å². The normalized spacial score (nSPS) is 15.0. The van der Waals surface area contributed by atoms with Gasteiger partial charge in [0.15, 0.2) is 0 Å². The largest absolute Gasteiger partial charge is 0.496 e. The first kappa shape index (κ1) is 17.5. The zero-order valence-electron chi connectivity index (χ0n) is 14.6. The highest BCUT2D eigenvalue weighted by Crippen LogP contribution is 2.23. The van der Waals surface area contributed by atoms with Crippen LogP contribution < -0.4 is 15.6 Å². The van der Waals surface area contributed by atoms with E-state index in [1.54, 1.807) is 0 Å². The lowest BCUT2D eigenvalue weighted by Gasteiger charge is -2.19. The van der Waals surface area contributed by atoms with E-state index < -0.39 is 11.6 Å². The Hall–Kier alpha value is -1.82. The van der Waals surface area contributed by atoms with Gasteiger partial charge in [-0.05, 0) is 41.5 Å². The number of nitrogen functional groups attached to an aromatic ring is 1. The quantitative estimate of drug-likeness (QED) is 0.861. The summed E-state index contributed by atoms with van der Waals surface area (Å²) in [6.45, 7) is 12.0. The molecule has 1 aliphatic heterocycles. The third-order valence-corrected chi connectivity index (χ3v) is 4.43. The lowest BCUT2D eigenvalue weighted by molar-refractivity contribution is 0.00763. The van der Waals surface area contributed by atoms with E-state index in [-0.39, 0.29) is 0 Å². The van der Waals surface area contributed by atoms with Crippen molar-refractivity contribution in [1.29, 1.82) is 0 Å². The lowest BCUT2D eigenvalue weighted by atomic mass is 10.1. The second kappa shape index (κ2) is 6.35. The third kappa shape index (κ3) is 3.75. The molecule has 2 N–H and O–H groups in total. The van der Waals surface area contributed by atoms with Crippen LogP contribution in [0.15, 0.2) is 16.4 Å². The molecule has 0 saturated heterocycles. The summed E-state index contributed by atoms with van der Waals surface area (Å²) in [6, 6.07) is 0. The molecule has 2 rings (SSSR count). The minimum Gasteiger partial charge on any atom is -0.496 e. The SMILES string of the molecule is CCOC1=C(C)N=c2sc(C(=O)OC(C)(C)C)c(N)c2=C(C)C1. The van der Waals surface area contributed by atoms with Crippen LogP contribution in [0, 0.1) is 0 Å². The number of nitrogens with zero attached hydrogens (tertiary/aromatic N) is 1. The maximum absolute atomic E-state index is 12.4. The molecule has 0 bridgehead atoms. The second-order valence-electron chi connectivity index (χ2n) is 6.54. The Morgan fingerprint density at radius 2 is 2.00 bits per heavy atom. The highest BCUT2D eigenvalue weighted by molar-refractivity contribution is 7.12. The van der Waals surface area contributed by atoms with Gasteiger partial charge in [0, 0.05) is 11.6 Å². The van der Waals surface area contributed by atoms with Crippen LogP contribution in [-0.2, 0) is 9.47 Å². The van der Waals surface area contributed by atoms with Gasteiger partial charge >= 0.3 is 5.97 Å². The first-order valence-corrected chi connectivity index (χ1v) is 8.48. The van der Waals surface area contributed by atoms with Crippen LogP contribution in [0.4, 0.5) is 5.69 Å². The number of anilines is 1. The van der Waals surface area contributed by atoms with Gasteiger partial charge < -0.3 is 15.2 Å². The highest BCUT2D eigenvalue weighted by atomic mass is 32.1. The van der Waals surface area contributed by atoms with Gasteiger partial charge in [0.1, 0.15) is 20.9 Å². The standard InChI is InChI=1S/C17H24N2O3S/c1-7-21-11-8-9(2)12-13(18)14(16(20)22-17(4,5)6)23-15(12)19-10(11)3/h7-8,18H2,1-6H3. The van der Waals surface area contributed by atoms with Crippen molar-refractivity contribution in [3.63, 3.8) is 0 Å². The van der Waals surface area contributed by atoms with Crippen molar-refractivity contribution < 1.29 is 14.3 Å². The zero-order chi connectivity index (χ0) is 17.4. The van der Waals surface area contributed by atoms with Gasteiger partial charge in [0.2, 0.25) is 0 Å². The van der Waals surface area contributed by atoms with Crippen molar-refractivity contribution in [2.24, 2.45) is 4.99 Å². The van der Waals surface area contributed by atoms with Crippen LogP contribution in [0.5, 0.6) is 0 Å². The number of allylic oxidation sites excluding steroid dienone is 2. The van der Waals surface area contributed by atoms with Crippen LogP contribution in [-0.4, -0.2) is 18.2 Å². The summed E-state index contributed by atoms with van der Waals surface area (Å²) in [7, 11) is 0. The van der Waals surface area contributed by atoms with Gasteiger partial charge in [-0.3, -0.25) is 0 Å². The Bertz CT molecular complexity index is 782. The van der Waals surface area contributed by atoms with Crippen LogP contribution in [0.25, 0.3) is 5.57 Å². The topological polar surface area (TPSA) is 73.9 Å². The van der Waals surface area contributed by atoms with Gasteiger partial charge in [-0.2, -0.15) is 0 Å². The van der Waals surface area contributed by atoms with Crippen molar-refractivity contribution in [1.82, 2.24) is 0 Å². The molecule has 0 fully saturated rings. The Morgan fingerprint density at radius 1 is 1.35 bits per heavy atom. The summed E-state index contributed by atoms with van der Waals surface area (Å²) in [5.74, 6) is 0.453. The highest BCUT2D eigenvalue weighted by Gasteiger charge is 2.24. The van der Waals surface area contributed by atoms with Crippen molar-refractivity contribution in [3.8, 4) is 0 Å². The molecule has 0 spiro atoms. The molecule has 0 saturated carbocycles. The Morgan fingerprint density at radius 3 is 2.57 bits per heavy atom. The molecule has 0 unspecified atom stereocenters. The Kier molecular flexibility index (Phi) is 4.84. The van der Waals surface area contributed by atoms with E-state index in [2.05, 4.69) is 4.99 Å². The molecule has 1 aromatic heterocycles. The summed E-state index contributed by atoms with van der Waals surface area (Å²) in [5, 5.41) is 0.838. The van der Waals surface area contributed by atoms with Crippen molar-refractivity contribution >= 4 is 28.6 Å². The van der Waals surface area contributed by atoms with Crippen LogP contribution in [0.3, 0.4) is 0 Å². The van der Waals surface area contributed by atoms with E-state index in [1.165, 1.54) is 11.3 Å². The third-order valence-electron chi connectivity index (χ3n) is 3.35. The summed E-state index contributed by atoms with van der Waals surface area (Å²) in [5.41, 5.74) is 8.00. The molecule has 126 valence electrons. The van der Waals surface area contributed by atoms with Crippen molar-refractivity contribution in [2.75, 3.05) is 12.3 Å². The summed E-state index contributed by atoms with van der Waals surface area (Å²) >= 11 is 1.27. The van der Waals surface area contributed by atoms with E-state index in [0.717, 1.165) is 26.9 Å². The summed E-state index contributed by atoms with van der Waals surface area (Å²) < 4.78 is 11.8. The number of carbonyl (C=O) groups is 1. The molecule has 23 heavy (non-hydrogen) atoms. The van der Waals surface area contributed by atoms with E-state index in [0.29, 0.717) is 23.6 Å². The number of rotatable bonds is 3. The molecule has 2 heterocycles. The molecule has 6 heteroatoms. The van der Waals surface area contributed by atoms with Gasteiger partial charge in [0.05, 0.1) is 18.0 Å². The van der Waals surface area contributed by atoms with Crippen LogP contribution in [0.1, 0.15) is 57.6 Å². The molecule has 0 atom stereocenters. The van der Waals surface area contributed by atoms with Gasteiger partial charge in [-0.1, -0.05) is 5.57 Å². The molecule has 0 aliphatic carbocycles. The lowest BCUT2D eigenvalue weighted by Crippen LogP contribution is -2.25. The molecular weight excluding hydrogens is 312 g/mol. The summed E-state index contributed by atoms with van der Waals surface area (Å²) in [4.78, 5) is 17.4. The number of nitrogens with two attached hydrogens (primary N) is 1. The molecule has 0 amide bonds. The number of esters is 1. The van der Waals surface area contributed by atoms with Crippen LogP contribution in [0.2, 0.25) is 0 Å². The average molecular weight is 336 g/mol. The maximum Gasteiger partial charge on any atom is 0.351 e. The monoisotopic (exact) mass is 336 g/mol.